The van der Waals surface area contributed by atoms with Crippen molar-refractivity contribution in [3.8, 4) is 11.5 Å². The molecule has 1 atom stereocenters. The largest absolute Gasteiger partial charge is 0.456 e. The quantitative estimate of drug-likeness (QED) is 0.430. The molecule has 4 rings (SSSR count). The number of aromatic nitrogens is 1. The maximum absolute atomic E-state index is 13.1. The summed E-state index contributed by atoms with van der Waals surface area (Å²) < 4.78 is 34.4. The first-order valence-corrected chi connectivity index (χ1v) is 12.8. The molecule has 1 heterocycles. The minimum absolute atomic E-state index is 0.0512. The zero-order chi connectivity index (χ0) is 23.8. The first kappa shape index (κ1) is 23.9. The average molecular weight is 479 g/mol. The van der Waals surface area contributed by atoms with Crippen LogP contribution in [0.25, 0.3) is 0 Å². The van der Waals surface area contributed by atoms with Crippen molar-refractivity contribution in [2.45, 2.75) is 43.0 Å². The van der Waals surface area contributed by atoms with Gasteiger partial charge in [0.2, 0.25) is 15.9 Å². The summed E-state index contributed by atoms with van der Waals surface area (Å²) in [5.41, 5.74) is 0.865. The standard InChI is InChI=1S/C26H28N3O4S/c30-26(28-17-15-20-8-4-9-20)25(18-21-6-2-1-3-7-21)29-34(31,32)24-13-11-22(12-14-24)33-23-10-5-16-27-19-23/h1-3,5-7,10-14,16-17,19-20,25,29H,4,8-9,15,18H2,(H,28,30)/t25-/m0/s1. The van der Waals surface area contributed by atoms with E-state index in [0.717, 1.165) is 12.0 Å². The monoisotopic (exact) mass is 478 g/mol. The van der Waals surface area contributed by atoms with E-state index in [1.165, 1.54) is 31.4 Å². The maximum atomic E-state index is 13.1. The number of hydrogen-bond donors (Lipinski definition) is 2. The van der Waals surface area contributed by atoms with Crippen LogP contribution in [0.1, 0.15) is 31.2 Å². The van der Waals surface area contributed by atoms with Crippen LogP contribution in [0, 0.1) is 12.5 Å². The van der Waals surface area contributed by atoms with Gasteiger partial charge in [-0.3, -0.25) is 9.78 Å². The van der Waals surface area contributed by atoms with E-state index in [1.54, 1.807) is 43.2 Å². The second kappa shape index (κ2) is 11.3. The SMILES string of the molecule is O=C(N[CH]CC1CCC1)[C@H](Cc1ccccc1)NS(=O)(=O)c1ccc(Oc2cccnc2)cc1. The van der Waals surface area contributed by atoms with Crippen molar-refractivity contribution < 1.29 is 17.9 Å². The first-order valence-electron chi connectivity index (χ1n) is 11.4. The Morgan fingerprint density at radius 1 is 1.03 bits per heavy atom. The third-order valence-corrected chi connectivity index (χ3v) is 7.31. The molecule has 34 heavy (non-hydrogen) atoms. The molecular weight excluding hydrogens is 450 g/mol. The molecule has 0 bridgehead atoms. The highest BCUT2D eigenvalue weighted by atomic mass is 32.2. The fourth-order valence-corrected chi connectivity index (χ4v) is 4.87. The fourth-order valence-electron chi connectivity index (χ4n) is 3.68. The number of hydrogen-bond acceptors (Lipinski definition) is 5. The smallest absolute Gasteiger partial charge is 0.241 e. The first-order chi connectivity index (χ1) is 16.5. The maximum Gasteiger partial charge on any atom is 0.241 e. The summed E-state index contributed by atoms with van der Waals surface area (Å²) >= 11 is 0. The lowest BCUT2D eigenvalue weighted by Gasteiger charge is -2.25. The van der Waals surface area contributed by atoms with Gasteiger partial charge in [-0.05, 0) is 60.7 Å². The lowest BCUT2D eigenvalue weighted by Crippen LogP contribution is -2.47. The van der Waals surface area contributed by atoms with E-state index < -0.39 is 16.1 Å². The predicted molar refractivity (Wildman–Crippen MR) is 129 cm³/mol. The van der Waals surface area contributed by atoms with Gasteiger partial charge in [-0.1, -0.05) is 49.6 Å². The van der Waals surface area contributed by atoms with Gasteiger partial charge in [0.05, 0.1) is 11.1 Å². The molecule has 0 saturated heterocycles. The highest BCUT2D eigenvalue weighted by Gasteiger charge is 2.26. The Bertz CT molecular complexity index is 1170. The van der Waals surface area contributed by atoms with Crippen molar-refractivity contribution in [1.29, 1.82) is 0 Å². The fraction of sp³-hybridized carbons (Fsp3) is 0.269. The summed E-state index contributed by atoms with van der Waals surface area (Å²) in [6, 6.07) is 18.0. The Morgan fingerprint density at radius 2 is 1.79 bits per heavy atom. The van der Waals surface area contributed by atoms with Crippen molar-refractivity contribution in [3.63, 3.8) is 0 Å². The number of benzene rings is 2. The molecule has 2 aromatic carbocycles. The Kier molecular flexibility index (Phi) is 7.92. The van der Waals surface area contributed by atoms with Gasteiger partial charge in [0, 0.05) is 12.7 Å². The van der Waals surface area contributed by atoms with Crippen molar-refractivity contribution in [3.05, 3.63) is 91.2 Å². The molecule has 0 spiro atoms. The van der Waals surface area contributed by atoms with Gasteiger partial charge in [-0.15, -0.1) is 0 Å². The number of nitrogens with zero attached hydrogens (tertiary/aromatic N) is 1. The molecule has 1 amide bonds. The summed E-state index contributed by atoms with van der Waals surface area (Å²) in [4.78, 5) is 16.9. The number of nitrogens with one attached hydrogen (secondary N) is 2. The minimum atomic E-state index is -3.94. The number of rotatable bonds is 11. The Hall–Kier alpha value is -3.23. The van der Waals surface area contributed by atoms with Gasteiger partial charge in [0.15, 0.2) is 0 Å². The van der Waals surface area contributed by atoms with Crippen molar-refractivity contribution in [2.75, 3.05) is 0 Å². The van der Waals surface area contributed by atoms with Crippen LogP contribution >= 0.6 is 0 Å². The number of pyridine rings is 1. The summed E-state index contributed by atoms with van der Waals surface area (Å²) in [5.74, 6) is 1.27. The van der Waals surface area contributed by atoms with E-state index in [9.17, 15) is 13.2 Å². The molecule has 1 radical (unpaired) electrons. The van der Waals surface area contributed by atoms with Crippen LogP contribution in [0.2, 0.25) is 0 Å². The Labute approximate surface area is 200 Å². The van der Waals surface area contributed by atoms with Gasteiger partial charge in [-0.25, -0.2) is 8.42 Å². The van der Waals surface area contributed by atoms with Crippen molar-refractivity contribution >= 4 is 15.9 Å². The molecule has 1 fully saturated rings. The molecular formula is C26H28N3O4S. The molecule has 8 heteroatoms. The summed E-state index contributed by atoms with van der Waals surface area (Å²) in [6.07, 6.45) is 7.83. The molecule has 2 N–H and O–H groups in total. The van der Waals surface area contributed by atoms with Crippen LogP contribution in [-0.2, 0) is 21.2 Å². The molecule has 1 aromatic heterocycles. The zero-order valence-corrected chi connectivity index (χ0v) is 19.6. The zero-order valence-electron chi connectivity index (χ0n) is 18.8. The van der Waals surface area contributed by atoms with Crippen LogP contribution in [0.4, 0.5) is 0 Å². The molecule has 7 nitrogen and oxygen atoms in total. The normalized spacial score (nSPS) is 14.7. The Balaban J connectivity index is 1.44. The minimum Gasteiger partial charge on any atom is -0.456 e. The van der Waals surface area contributed by atoms with E-state index >= 15 is 0 Å². The van der Waals surface area contributed by atoms with E-state index in [1.807, 2.05) is 30.3 Å². The van der Waals surface area contributed by atoms with Crippen LogP contribution in [0.3, 0.4) is 0 Å². The highest BCUT2D eigenvalue weighted by Crippen LogP contribution is 2.29. The van der Waals surface area contributed by atoms with Crippen LogP contribution in [0.5, 0.6) is 11.5 Å². The molecule has 177 valence electrons. The number of amides is 1. The predicted octanol–water partition coefficient (Wildman–Crippen LogP) is 4.23. The van der Waals surface area contributed by atoms with E-state index in [4.69, 9.17) is 4.74 Å². The molecule has 3 aromatic rings. The highest BCUT2D eigenvalue weighted by molar-refractivity contribution is 7.89. The second-order valence-corrected chi connectivity index (χ2v) is 10.1. The van der Waals surface area contributed by atoms with Crippen LogP contribution in [0.15, 0.2) is 84.0 Å². The third-order valence-electron chi connectivity index (χ3n) is 5.82. The molecule has 0 unspecified atom stereocenters. The van der Waals surface area contributed by atoms with Gasteiger partial charge in [0.1, 0.15) is 17.5 Å². The number of sulfonamides is 1. The molecule has 0 aliphatic heterocycles. The van der Waals surface area contributed by atoms with E-state index in [2.05, 4.69) is 15.0 Å². The molecule has 1 aliphatic rings. The third kappa shape index (κ3) is 6.65. The summed E-state index contributed by atoms with van der Waals surface area (Å²) in [7, 11) is -3.94. The summed E-state index contributed by atoms with van der Waals surface area (Å²) in [5, 5.41) is 2.80. The van der Waals surface area contributed by atoms with Crippen molar-refractivity contribution in [2.24, 2.45) is 5.92 Å². The Morgan fingerprint density at radius 3 is 2.44 bits per heavy atom. The van der Waals surface area contributed by atoms with E-state index in [-0.39, 0.29) is 17.2 Å². The summed E-state index contributed by atoms with van der Waals surface area (Å²) in [6.45, 7) is 1.75. The van der Waals surface area contributed by atoms with Crippen LogP contribution < -0.4 is 14.8 Å². The topological polar surface area (TPSA) is 97.4 Å². The van der Waals surface area contributed by atoms with Gasteiger partial charge >= 0.3 is 0 Å². The van der Waals surface area contributed by atoms with Gasteiger partial charge in [0.25, 0.3) is 0 Å². The van der Waals surface area contributed by atoms with Crippen LogP contribution in [-0.4, -0.2) is 25.4 Å². The average Bonchev–Trinajstić information content (AvgIpc) is 2.82. The lowest BCUT2D eigenvalue weighted by atomic mass is 9.83. The molecule has 1 saturated carbocycles. The lowest BCUT2D eigenvalue weighted by molar-refractivity contribution is -0.122. The van der Waals surface area contributed by atoms with Crippen molar-refractivity contribution in [1.82, 2.24) is 15.0 Å². The number of carbonyl (C=O) groups excluding carboxylic acids is 1. The second-order valence-electron chi connectivity index (χ2n) is 8.37. The van der Waals surface area contributed by atoms with Gasteiger partial charge < -0.3 is 10.1 Å². The number of ether oxygens (including phenoxy) is 1. The van der Waals surface area contributed by atoms with Gasteiger partial charge in [-0.2, -0.15) is 4.72 Å². The molecule has 1 aliphatic carbocycles. The number of carbonyl (C=O) groups is 1. The van der Waals surface area contributed by atoms with E-state index in [0.29, 0.717) is 17.4 Å².